The highest BCUT2D eigenvalue weighted by Crippen LogP contribution is 2.44. The number of hydrogen-bond donors (Lipinski definition) is 14. The maximum atomic E-state index is 11.4. The molecule has 0 bridgehead atoms. The van der Waals surface area contributed by atoms with E-state index in [-0.39, 0.29) is 36.2 Å². The molecule has 678 valence electrons. The first-order chi connectivity index (χ1) is 65.6. The van der Waals surface area contributed by atoms with Gasteiger partial charge in [-0.1, -0.05) is 157 Å². The Balaban J connectivity index is 0.000000118. The van der Waals surface area contributed by atoms with E-state index in [2.05, 4.69) is 93.5 Å². The van der Waals surface area contributed by atoms with Crippen molar-refractivity contribution in [2.45, 2.75) is 6.61 Å². The predicted octanol–water partition coefficient (Wildman–Crippen LogP) is 16.2. The number of rotatable bonds is 19. The molecule has 3 amide bonds. The molecule has 35 nitrogen and oxygen atoms in total. The highest BCUT2D eigenvalue weighted by atomic mass is 35.5. The fourth-order valence-electron chi connectivity index (χ4n) is 15.5. The minimum absolute atomic E-state index is 0.00374. The monoisotopic (exact) mass is 1850 g/mol. The van der Waals surface area contributed by atoms with Crippen LogP contribution in [0.1, 0.15) is 42.2 Å². The van der Waals surface area contributed by atoms with Crippen LogP contribution in [-0.2, 0) is 46.6 Å². The molecule has 0 saturated heterocycles. The number of fused-ring (bicyclic) bond motifs is 5. The number of methoxy groups -OCH3 is 1. The van der Waals surface area contributed by atoms with Crippen LogP contribution in [0.4, 0.5) is 5.69 Å². The van der Waals surface area contributed by atoms with Gasteiger partial charge in [-0.15, -0.1) is 0 Å². The minimum atomic E-state index is -0.524. The smallest absolute Gasteiger partial charge is 0.248 e. The number of halogens is 2. The second kappa shape index (κ2) is 38.2. The molecule has 21 aromatic rings. The number of aliphatic hydroxyl groups is 1. The minimum Gasteiger partial charge on any atom is -0.504 e. The largest absolute Gasteiger partial charge is 0.504 e. The first-order valence-electron chi connectivity index (χ1n) is 41.9. The van der Waals surface area contributed by atoms with Crippen molar-refractivity contribution in [3.05, 3.63) is 287 Å². The molecule has 136 heavy (non-hydrogen) atoms. The Morgan fingerprint density at radius 1 is 0.375 bits per heavy atom. The molecule has 0 aliphatic rings. The summed E-state index contributed by atoms with van der Waals surface area (Å²) < 4.78 is 19.0. The number of primary amides is 3. The van der Waals surface area contributed by atoms with Gasteiger partial charge in [0.15, 0.2) is 57.9 Å². The topological polar surface area (TPSA) is 531 Å². The van der Waals surface area contributed by atoms with E-state index in [1.165, 1.54) is 4.68 Å². The average Bonchev–Trinajstić information content (AvgIpc) is 1.64. The third-order valence-corrected chi connectivity index (χ3v) is 22.5. The van der Waals surface area contributed by atoms with Gasteiger partial charge < -0.3 is 82.9 Å². The number of aromatic nitrogens is 20. The van der Waals surface area contributed by atoms with Crippen LogP contribution in [0.2, 0.25) is 10.0 Å². The van der Waals surface area contributed by atoms with Crippen LogP contribution in [0.5, 0.6) is 28.7 Å². The van der Waals surface area contributed by atoms with Crippen molar-refractivity contribution < 1.29 is 49.4 Å². The molecule has 0 fully saturated rings. The van der Waals surface area contributed by atoms with E-state index in [9.17, 15) is 34.8 Å². The van der Waals surface area contributed by atoms with E-state index < -0.39 is 17.7 Å². The number of amides is 3. The van der Waals surface area contributed by atoms with Gasteiger partial charge in [0.1, 0.15) is 56.9 Å². The molecular weight excluding hydrogens is 1770 g/mol. The van der Waals surface area contributed by atoms with Gasteiger partial charge in [-0.05, 0) is 132 Å². The summed E-state index contributed by atoms with van der Waals surface area (Å²) in [6, 6.07) is 77.3. The Bertz CT molecular complexity index is 8160. The number of aromatic amines is 5. The molecule has 0 aliphatic carbocycles. The Kier molecular flexibility index (Phi) is 25.3. The van der Waals surface area contributed by atoms with Gasteiger partial charge in [-0.3, -0.25) is 37.8 Å². The molecule has 11 aromatic carbocycles. The van der Waals surface area contributed by atoms with Crippen molar-refractivity contribution in [3.63, 3.8) is 0 Å². The number of hydrogen-bond acceptors (Lipinski definition) is 22. The third kappa shape index (κ3) is 18.5. The van der Waals surface area contributed by atoms with Crippen LogP contribution in [0, 0.1) is 11.3 Å². The summed E-state index contributed by atoms with van der Waals surface area (Å²) in [6.45, 7) is 0.658. The molecule has 21 rings (SSSR count). The number of aryl methyl sites for hydroxylation is 5. The van der Waals surface area contributed by atoms with Crippen LogP contribution >= 0.6 is 23.2 Å². The Morgan fingerprint density at radius 2 is 0.691 bits per heavy atom. The van der Waals surface area contributed by atoms with Gasteiger partial charge in [0, 0.05) is 95.5 Å². The number of nitrogens with zero attached hydrogens (tertiary/aromatic N) is 16. The molecule has 0 unspecified atom stereocenters. The number of H-pyrrole nitrogens is 5. The fourth-order valence-corrected chi connectivity index (χ4v) is 15.9. The highest BCUT2D eigenvalue weighted by molar-refractivity contribution is 6.31. The van der Waals surface area contributed by atoms with E-state index in [1.807, 2.05) is 141 Å². The number of carbonyl (C=O) groups excluding carboxylic acids is 3. The number of carbonyl (C=O) groups is 3. The number of nitriles is 1. The van der Waals surface area contributed by atoms with Crippen LogP contribution in [0.3, 0.4) is 0 Å². The zero-order valence-electron chi connectivity index (χ0n) is 73.3. The number of aliphatic hydroxyl groups excluding tert-OH is 1. The SMILES string of the molecule is COc1c(-c2cccc(Cl)c2)nn(C)c1-c1nc2ccc(C(N)=O)cc2[nH]1.Cn1nc(-c2ccc(-c3ccccc3)cc2)c(O)c1-c1nc2ccc(C#N)cc2[nH]1.Cn1nc(-c2ccc(COCCO)cc2)c(O)c1-c1nc2ccc(C(N)=O)cc2[nH]1.Cn1nc(-c2cccc(Cl)c2)c(O)c1-c1nc2ccc(C(N)=O)cc2[nH]1.Cn1nc(-c2ccccc2)c(O)c1-c1nc2ccc(N)cc2[nH]1. The molecule has 0 radical (unpaired) electrons. The Labute approximate surface area is 782 Å². The molecule has 10 heterocycles. The molecule has 0 spiro atoms. The van der Waals surface area contributed by atoms with Gasteiger partial charge >= 0.3 is 0 Å². The highest BCUT2D eigenvalue weighted by Gasteiger charge is 2.29. The molecule has 10 aromatic heterocycles. The van der Waals surface area contributed by atoms with Crippen LogP contribution in [0.25, 0.3) is 180 Å². The number of imidazole rings is 5. The van der Waals surface area contributed by atoms with Gasteiger partial charge in [-0.2, -0.15) is 30.8 Å². The molecule has 0 atom stereocenters. The lowest BCUT2D eigenvalue weighted by Gasteiger charge is -2.04. The van der Waals surface area contributed by atoms with Crippen LogP contribution in [-0.4, -0.2) is 162 Å². The van der Waals surface area contributed by atoms with Crippen molar-refractivity contribution in [2.24, 2.45) is 52.4 Å². The third-order valence-electron chi connectivity index (χ3n) is 22.1. The molecule has 37 heteroatoms. The van der Waals surface area contributed by atoms with Crippen molar-refractivity contribution >= 4 is 102 Å². The summed E-state index contributed by atoms with van der Waals surface area (Å²) >= 11 is 12.1. The summed E-state index contributed by atoms with van der Waals surface area (Å²) in [5.74, 6) is 1.69. The quantitative estimate of drug-likeness (QED) is 0.0264. The standard InChI is InChI=1S/C24H17N5O.C21H21N5O4.C19H16ClN5O2.C18H14ClN5O2.C17H15N5O/c1-29-22(24-26-19-12-7-15(14-25)13-20(19)27-24)23(30)21(28-29)18-10-8-17(9-11-18)16-5-3-2-4-6-16;1-26-18(21-23-15-7-6-14(20(22)29)10-16(15)24-21)19(28)17(25-26)13-4-2-12(3-5-13)11-30-9-8-27;1-25-16(17(27-2)15(24-25)10-4-3-5-12(20)8-10)19-22-13-7-6-11(18(21)26)9-14(13)23-19;1-24-15(16(25)14(23-24)9-3-2-4-11(19)7-9)18-21-12-6-5-10(17(20)26)8-13(12)22-18;1-22-15(16(23)14(21-22)10-5-3-2-4-6-10)17-19-12-8-7-11(18)9-13(12)20-17/h2-13,30H,1H3,(H,26,27);2-7,10,27-28H,8-9,11H2,1H3,(H2,22,29)(H,23,24);3-9H,1-2H3,(H2,21,26)(H,22,23);2-8,25H,1H3,(H2,20,26)(H,21,22);2-9,23H,18H2,1H3,(H,19,20). The van der Waals surface area contributed by atoms with Crippen molar-refractivity contribution in [2.75, 3.05) is 26.1 Å². The lowest BCUT2D eigenvalue weighted by atomic mass is 10.0. The second-order valence-corrected chi connectivity index (χ2v) is 32.0. The summed E-state index contributed by atoms with van der Waals surface area (Å²) in [5, 5.41) is 84.5. The maximum Gasteiger partial charge on any atom is 0.248 e. The maximum absolute atomic E-state index is 11.4. The van der Waals surface area contributed by atoms with Crippen LogP contribution in [0.15, 0.2) is 249 Å². The summed E-state index contributed by atoms with van der Waals surface area (Å²) in [4.78, 5) is 72.6. The fraction of sp³-hybridized carbons (Fsp3) is 0.0909. The van der Waals surface area contributed by atoms with E-state index in [1.54, 1.807) is 157 Å². The number of benzene rings is 11. The normalized spacial score (nSPS) is 11.1. The first kappa shape index (κ1) is 90.0. The number of nitrogens with one attached hydrogen (secondary N) is 5. The van der Waals surface area contributed by atoms with E-state index in [4.69, 9.17) is 66.0 Å². The van der Waals surface area contributed by atoms with E-state index in [0.29, 0.717) is 175 Å². The number of nitrogen functional groups attached to an aromatic ring is 1. The average molecular weight is 1850 g/mol. The van der Waals surface area contributed by atoms with E-state index >= 15 is 0 Å². The second-order valence-electron chi connectivity index (χ2n) is 31.2. The van der Waals surface area contributed by atoms with Crippen molar-refractivity contribution in [3.8, 4) is 160 Å². The van der Waals surface area contributed by atoms with Gasteiger partial charge in [-0.25, -0.2) is 24.9 Å². The molecular formula is C99H83Cl2N25O10. The van der Waals surface area contributed by atoms with Gasteiger partial charge in [0.2, 0.25) is 17.7 Å². The van der Waals surface area contributed by atoms with Crippen molar-refractivity contribution in [1.82, 2.24) is 98.7 Å². The molecule has 0 aliphatic heterocycles. The van der Waals surface area contributed by atoms with Gasteiger partial charge in [0.05, 0.1) is 93.7 Å². The van der Waals surface area contributed by atoms with E-state index in [0.717, 1.165) is 61.0 Å². The van der Waals surface area contributed by atoms with Crippen LogP contribution < -0.4 is 27.7 Å². The van der Waals surface area contributed by atoms with Gasteiger partial charge in [0.25, 0.3) is 0 Å². The lowest BCUT2D eigenvalue weighted by molar-refractivity contribution is 0.0815. The number of ether oxygens (including phenoxy) is 2. The number of nitrogens with two attached hydrogens (primary N) is 4. The zero-order chi connectivity index (χ0) is 95.4. The predicted molar refractivity (Wildman–Crippen MR) is 519 cm³/mol. The first-order valence-corrected chi connectivity index (χ1v) is 42.6. The summed E-state index contributed by atoms with van der Waals surface area (Å²) in [5.41, 5.74) is 43.4. The summed E-state index contributed by atoms with van der Waals surface area (Å²) in [7, 11) is 10.4. The van der Waals surface area contributed by atoms with Crippen molar-refractivity contribution in [1.29, 1.82) is 5.26 Å². The Morgan fingerprint density at radius 3 is 1.08 bits per heavy atom. The summed E-state index contributed by atoms with van der Waals surface area (Å²) in [6.07, 6.45) is 0. The zero-order valence-corrected chi connectivity index (χ0v) is 74.8. The Hall–Kier alpha value is -18.0. The number of aromatic hydroxyl groups is 4. The molecule has 18 N–H and O–H groups in total. The molecule has 0 saturated carbocycles. The number of anilines is 1. The lowest BCUT2D eigenvalue weighted by Crippen LogP contribution is -2.10.